The first-order valence-electron chi connectivity index (χ1n) is 12.7. The lowest BCUT2D eigenvalue weighted by molar-refractivity contribution is -0.224. The van der Waals surface area contributed by atoms with Crippen molar-refractivity contribution in [1.82, 2.24) is 0 Å². The van der Waals surface area contributed by atoms with Crippen molar-refractivity contribution in [3.8, 4) is 5.75 Å². The Balaban J connectivity index is 1.39. The summed E-state index contributed by atoms with van der Waals surface area (Å²) in [4.78, 5) is 23.9. The Hall–Kier alpha value is -3.83. The number of nitrogen functional groups attached to an aromatic ring is 2. The van der Waals surface area contributed by atoms with E-state index in [4.69, 9.17) is 25.7 Å². The molecule has 1 saturated carbocycles. The molecule has 4 N–H and O–H groups in total. The highest BCUT2D eigenvalue weighted by Gasteiger charge is 2.44. The van der Waals surface area contributed by atoms with Crippen molar-refractivity contribution in [2.75, 3.05) is 24.7 Å². The molecule has 1 aliphatic carbocycles. The minimum atomic E-state index is -4.24. The first-order chi connectivity index (χ1) is 18.8. The second kappa shape index (κ2) is 13.5. The summed E-state index contributed by atoms with van der Waals surface area (Å²) in [6.45, 7) is -0.388. The number of carbonyl (C=O) groups is 2. The number of halogens is 5. The van der Waals surface area contributed by atoms with Crippen LogP contribution in [0.4, 0.5) is 33.3 Å². The van der Waals surface area contributed by atoms with Crippen LogP contribution in [0.25, 0.3) is 6.08 Å². The molecule has 0 atom stereocenters. The molecule has 0 unspecified atom stereocenters. The van der Waals surface area contributed by atoms with Gasteiger partial charge in [-0.15, -0.1) is 0 Å². The number of carbonyl (C=O) groups excluding carboxylic acids is 2. The van der Waals surface area contributed by atoms with E-state index in [1.165, 1.54) is 48.5 Å². The van der Waals surface area contributed by atoms with Gasteiger partial charge >= 0.3 is 24.2 Å². The van der Waals surface area contributed by atoms with Crippen LogP contribution in [0.1, 0.15) is 54.4 Å². The summed E-state index contributed by atoms with van der Waals surface area (Å²) in [5.74, 6) is -2.75. The fourth-order valence-electron chi connectivity index (χ4n) is 4.41. The van der Waals surface area contributed by atoms with E-state index in [0.29, 0.717) is 29.8 Å². The van der Waals surface area contributed by atoms with Gasteiger partial charge in [-0.3, -0.25) is 0 Å². The third-order valence-corrected chi connectivity index (χ3v) is 6.48. The summed E-state index contributed by atoms with van der Waals surface area (Å²) in [5, 5.41) is 0. The molecule has 0 radical (unpaired) electrons. The summed E-state index contributed by atoms with van der Waals surface area (Å²) >= 11 is 0. The number of alkyl halides is 5. The van der Waals surface area contributed by atoms with Crippen molar-refractivity contribution in [2.45, 2.75) is 50.8 Å². The minimum Gasteiger partial charge on any atom is -0.459 e. The zero-order valence-corrected chi connectivity index (χ0v) is 21.6. The average molecular weight is 571 g/mol. The van der Waals surface area contributed by atoms with Crippen molar-refractivity contribution in [3.63, 3.8) is 0 Å². The maximum Gasteiger partial charge on any atom is 0.400 e. The first-order valence-corrected chi connectivity index (χ1v) is 12.7. The van der Waals surface area contributed by atoms with Gasteiger partial charge in [0.25, 0.3) is 0 Å². The molecule has 1 fully saturated rings. The van der Waals surface area contributed by atoms with Crippen LogP contribution < -0.4 is 16.2 Å². The van der Waals surface area contributed by atoms with Gasteiger partial charge in [0.15, 0.2) is 0 Å². The minimum absolute atomic E-state index is 0.0429. The lowest BCUT2D eigenvalue weighted by atomic mass is 9.79. The number of hydrogen-bond acceptors (Lipinski definition) is 7. The van der Waals surface area contributed by atoms with Crippen molar-refractivity contribution in [3.05, 3.63) is 59.7 Å². The molecule has 0 aliphatic heterocycles. The van der Waals surface area contributed by atoms with E-state index in [-0.39, 0.29) is 49.7 Å². The van der Waals surface area contributed by atoms with Crippen molar-refractivity contribution < 1.29 is 45.8 Å². The Morgan fingerprint density at radius 3 is 2.08 bits per heavy atom. The lowest BCUT2D eigenvalue weighted by Crippen LogP contribution is -2.37. The molecule has 0 bridgehead atoms. The van der Waals surface area contributed by atoms with Crippen LogP contribution in [0.2, 0.25) is 0 Å². The number of rotatable bonds is 11. The molecule has 0 aromatic heterocycles. The maximum atomic E-state index is 14.7. The molecule has 40 heavy (non-hydrogen) atoms. The summed E-state index contributed by atoms with van der Waals surface area (Å²) < 4.78 is 81.4. The Kier molecular flexibility index (Phi) is 10.4. The van der Waals surface area contributed by atoms with E-state index in [1.54, 1.807) is 0 Å². The second-order valence-electron chi connectivity index (χ2n) is 9.63. The zero-order chi connectivity index (χ0) is 29.3. The van der Waals surface area contributed by atoms with Gasteiger partial charge in [0.1, 0.15) is 19.0 Å². The molecule has 3 rings (SSSR count). The smallest absolute Gasteiger partial charge is 0.400 e. The average Bonchev–Trinajstić information content (AvgIpc) is 2.88. The molecule has 218 valence electrons. The molecule has 2 aromatic carbocycles. The summed E-state index contributed by atoms with van der Waals surface area (Å²) in [5.41, 5.74) is 12.6. The monoisotopic (exact) mass is 570 g/mol. The van der Waals surface area contributed by atoms with Crippen LogP contribution in [0.5, 0.6) is 5.75 Å². The van der Waals surface area contributed by atoms with Gasteiger partial charge in [-0.25, -0.2) is 9.59 Å². The third-order valence-electron chi connectivity index (χ3n) is 6.48. The second-order valence-corrected chi connectivity index (χ2v) is 9.63. The summed E-state index contributed by atoms with van der Waals surface area (Å²) in [6, 6.07) is 9.91. The molecule has 0 saturated heterocycles. The fourth-order valence-corrected chi connectivity index (χ4v) is 4.41. The van der Waals surface area contributed by atoms with Crippen molar-refractivity contribution in [1.29, 1.82) is 0 Å². The number of ether oxygens (including phenoxy) is 3. The highest BCUT2D eigenvalue weighted by Crippen LogP contribution is 2.42. The standard InChI is InChI=1S/C28H31F5N2O5/c29-27(30,31)12-11-19-1-6-21(7-2-19)28(32,33)40-24-8-3-18(4-9-24)5-10-25(36)38-13-14-39-26(37)20-15-22(34)17-23(35)16-20/h3-5,8-10,15-17,19,21H,1-2,6-7,11-14,34-35H2. The van der Waals surface area contributed by atoms with Gasteiger partial charge in [-0.1, -0.05) is 12.1 Å². The Morgan fingerprint density at radius 2 is 1.48 bits per heavy atom. The predicted octanol–water partition coefficient (Wildman–Crippen LogP) is 6.38. The van der Waals surface area contributed by atoms with E-state index >= 15 is 0 Å². The van der Waals surface area contributed by atoms with Gasteiger partial charge in [-0.05, 0) is 80.0 Å². The molecule has 7 nitrogen and oxygen atoms in total. The Labute approximate surface area is 228 Å². The zero-order valence-electron chi connectivity index (χ0n) is 21.6. The SMILES string of the molecule is Nc1cc(N)cc(C(=O)OCCOC(=O)C=Cc2ccc(OC(F)(F)C3CCC(CCC(F)(F)F)CC3)cc2)c1. The molecule has 2 aromatic rings. The number of esters is 2. The molecule has 12 heteroatoms. The molecular formula is C28H31F5N2O5. The Bertz CT molecular complexity index is 1160. The maximum absolute atomic E-state index is 14.7. The molecule has 0 amide bonds. The quantitative estimate of drug-likeness (QED) is 0.106. The largest absolute Gasteiger partial charge is 0.459 e. The van der Waals surface area contributed by atoms with Crippen LogP contribution in [-0.2, 0) is 14.3 Å². The van der Waals surface area contributed by atoms with Crippen molar-refractivity contribution >= 4 is 29.4 Å². The molecule has 0 spiro atoms. The van der Waals surface area contributed by atoms with Crippen LogP contribution in [0.3, 0.4) is 0 Å². The summed E-state index contributed by atoms with van der Waals surface area (Å²) in [7, 11) is 0. The van der Waals surface area contributed by atoms with Crippen LogP contribution in [0.15, 0.2) is 48.5 Å². The van der Waals surface area contributed by atoms with Crippen molar-refractivity contribution in [2.24, 2.45) is 11.8 Å². The van der Waals surface area contributed by atoms with Gasteiger partial charge in [0.2, 0.25) is 0 Å². The van der Waals surface area contributed by atoms with E-state index in [9.17, 15) is 31.5 Å². The fraction of sp³-hybridized carbons (Fsp3) is 0.429. The Morgan fingerprint density at radius 1 is 0.875 bits per heavy atom. The predicted molar refractivity (Wildman–Crippen MR) is 138 cm³/mol. The van der Waals surface area contributed by atoms with Crippen LogP contribution in [-0.4, -0.2) is 37.4 Å². The van der Waals surface area contributed by atoms with E-state index < -0.39 is 36.6 Å². The summed E-state index contributed by atoms with van der Waals surface area (Å²) in [6.07, 6.45) is -5.31. The number of anilines is 2. The molecule has 1 aliphatic rings. The third kappa shape index (κ3) is 10.0. The first kappa shape index (κ1) is 30.7. The number of nitrogens with two attached hydrogens (primary N) is 2. The van der Waals surface area contributed by atoms with E-state index in [1.807, 2.05) is 0 Å². The highest BCUT2D eigenvalue weighted by atomic mass is 19.4. The van der Waals surface area contributed by atoms with Gasteiger partial charge in [-0.2, -0.15) is 22.0 Å². The number of hydrogen-bond donors (Lipinski definition) is 2. The molecule has 0 heterocycles. The lowest BCUT2D eigenvalue weighted by Gasteiger charge is -2.33. The van der Waals surface area contributed by atoms with Crippen LogP contribution >= 0.6 is 0 Å². The highest BCUT2D eigenvalue weighted by molar-refractivity contribution is 5.91. The van der Waals surface area contributed by atoms with Gasteiger partial charge < -0.3 is 25.7 Å². The molecular weight excluding hydrogens is 539 g/mol. The normalized spacial score (nSPS) is 17.9. The van der Waals surface area contributed by atoms with Gasteiger partial charge in [0.05, 0.1) is 11.5 Å². The van der Waals surface area contributed by atoms with Crippen LogP contribution in [0, 0.1) is 11.8 Å². The van der Waals surface area contributed by atoms with Gasteiger partial charge in [0, 0.05) is 23.9 Å². The van der Waals surface area contributed by atoms with E-state index in [2.05, 4.69) is 0 Å². The number of benzene rings is 2. The van der Waals surface area contributed by atoms with E-state index in [0.717, 1.165) is 6.08 Å². The topological polar surface area (TPSA) is 114 Å².